The van der Waals surface area contributed by atoms with Gasteiger partial charge < -0.3 is 20.4 Å². The third-order valence-corrected chi connectivity index (χ3v) is 6.12. The first-order valence-electron chi connectivity index (χ1n) is 11.0. The van der Waals surface area contributed by atoms with E-state index in [1.807, 2.05) is 44.2 Å². The summed E-state index contributed by atoms with van der Waals surface area (Å²) >= 11 is -0.186. The Morgan fingerprint density at radius 3 is 2.17 bits per heavy atom. The smallest absolute Gasteiger partial charge is 0.353 e. The van der Waals surface area contributed by atoms with Crippen LogP contribution in [0.15, 0.2) is 59.5 Å². The number of hydrogen-bond donors (Lipinski definition) is 2. The van der Waals surface area contributed by atoms with Gasteiger partial charge in [-0.2, -0.15) is 13.2 Å². The largest absolute Gasteiger partial charge is 0.446 e. The minimum absolute atomic E-state index is 0.0699. The van der Waals surface area contributed by atoms with Crippen molar-refractivity contribution in [2.45, 2.75) is 24.3 Å². The molecule has 2 aromatic carbocycles. The van der Waals surface area contributed by atoms with Gasteiger partial charge in [0.05, 0.1) is 0 Å². The first-order valence-corrected chi connectivity index (χ1v) is 11.8. The van der Waals surface area contributed by atoms with E-state index >= 15 is 0 Å². The van der Waals surface area contributed by atoms with Crippen LogP contribution in [0.25, 0.3) is 0 Å². The quantitative estimate of drug-likeness (QED) is 0.430. The van der Waals surface area contributed by atoms with Crippen LogP contribution in [0, 0.1) is 13.8 Å². The van der Waals surface area contributed by atoms with Gasteiger partial charge in [0.2, 0.25) is 0 Å². The average Bonchev–Trinajstić information content (AvgIpc) is 2.81. The van der Waals surface area contributed by atoms with Gasteiger partial charge in [0.15, 0.2) is 0 Å². The van der Waals surface area contributed by atoms with Crippen molar-refractivity contribution in [3.63, 3.8) is 0 Å². The number of halogens is 3. The summed E-state index contributed by atoms with van der Waals surface area (Å²) in [6, 6.07) is 15.2. The van der Waals surface area contributed by atoms with E-state index in [0.717, 1.165) is 11.5 Å². The van der Waals surface area contributed by atoms with Crippen molar-refractivity contribution in [3.05, 3.63) is 66.0 Å². The van der Waals surface area contributed by atoms with Crippen LogP contribution in [-0.4, -0.2) is 52.6 Å². The van der Waals surface area contributed by atoms with E-state index in [1.165, 1.54) is 29.8 Å². The van der Waals surface area contributed by atoms with Crippen molar-refractivity contribution in [2.75, 3.05) is 41.7 Å². The zero-order valence-corrected chi connectivity index (χ0v) is 20.1. The Morgan fingerprint density at radius 2 is 1.54 bits per heavy atom. The molecule has 0 atom stereocenters. The Bertz CT molecular complexity index is 1160. The van der Waals surface area contributed by atoms with Crippen LogP contribution in [0.5, 0.6) is 0 Å². The lowest BCUT2D eigenvalue weighted by Crippen LogP contribution is -2.50. The van der Waals surface area contributed by atoms with Crippen LogP contribution in [0.2, 0.25) is 0 Å². The topological polar surface area (TPSA) is 73.4 Å². The van der Waals surface area contributed by atoms with Crippen molar-refractivity contribution in [2.24, 2.45) is 0 Å². The number of anilines is 4. The predicted molar refractivity (Wildman–Crippen MR) is 132 cm³/mol. The van der Waals surface area contributed by atoms with Gasteiger partial charge in [-0.15, -0.1) is 0 Å². The Labute approximate surface area is 205 Å². The molecule has 1 aromatic heterocycles. The van der Waals surface area contributed by atoms with Gasteiger partial charge in [-0.05, 0) is 62.0 Å². The molecule has 0 aliphatic carbocycles. The van der Waals surface area contributed by atoms with E-state index in [0.29, 0.717) is 43.5 Å². The van der Waals surface area contributed by atoms with Crippen molar-refractivity contribution >= 4 is 40.8 Å². The van der Waals surface area contributed by atoms with Crippen LogP contribution >= 0.6 is 11.8 Å². The molecular weight excluding hydrogens is 477 g/mol. The molecule has 0 unspecified atom stereocenters. The monoisotopic (exact) mass is 502 g/mol. The van der Waals surface area contributed by atoms with Gasteiger partial charge in [-0.25, -0.2) is 14.8 Å². The fourth-order valence-corrected chi connectivity index (χ4v) is 4.18. The van der Waals surface area contributed by atoms with Gasteiger partial charge in [-0.3, -0.25) is 0 Å². The number of alkyl halides is 3. The molecule has 0 spiro atoms. The number of aryl methyl sites for hydroxylation is 2. The standard InChI is InChI=1S/C24H25F3N6OS/c1-16-3-5-18(6-4-16)30-21-15-22(29-17(2)28-21)32-11-13-33(14-12-32)23(34)31-19-7-9-20(10-8-19)35-24(25,26)27/h3-10,15H,11-14H2,1-2H3,(H,31,34)(H,28,29,30). The highest BCUT2D eigenvalue weighted by Crippen LogP contribution is 2.37. The fourth-order valence-electron chi connectivity index (χ4n) is 3.64. The second-order valence-corrected chi connectivity index (χ2v) is 9.26. The molecule has 1 aliphatic rings. The molecule has 4 rings (SSSR count). The molecule has 2 N–H and O–H groups in total. The normalized spacial score (nSPS) is 14.1. The van der Waals surface area contributed by atoms with Gasteiger partial charge in [0.25, 0.3) is 0 Å². The lowest BCUT2D eigenvalue weighted by Gasteiger charge is -2.35. The van der Waals surface area contributed by atoms with E-state index in [4.69, 9.17) is 0 Å². The average molecular weight is 503 g/mol. The predicted octanol–water partition coefficient (Wildman–Crippen LogP) is 5.80. The number of carbonyl (C=O) groups excluding carboxylic acids is 1. The number of benzene rings is 2. The lowest BCUT2D eigenvalue weighted by molar-refractivity contribution is -0.0328. The first-order chi connectivity index (χ1) is 16.6. The van der Waals surface area contributed by atoms with E-state index in [2.05, 4.69) is 25.5 Å². The zero-order valence-electron chi connectivity index (χ0n) is 19.3. The SMILES string of the molecule is Cc1ccc(Nc2cc(N3CCN(C(=O)Nc4ccc(SC(F)(F)F)cc4)CC3)nc(C)n2)cc1. The number of aromatic nitrogens is 2. The molecule has 35 heavy (non-hydrogen) atoms. The molecule has 1 aliphatic heterocycles. The van der Waals surface area contributed by atoms with E-state index in [-0.39, 0.29) is 22.7 Å². The van der Waals surface area contributed by atoms with Gasteiger partial charge in [-0.1, -0.05) is 17.7 Å². The van der Waals surface area contributed by atoms with Crippen LogP contribution in [0.1, 0.15) is 11.4 Å². The molecule has 1 saturated heterocycles. The summed E-state index contributed by atoms with van der Waals surface area (Å²) in [5.41, 5.74) is -1.78. The highest BCUT2D eigenvalue weighted by Gasteiger charge is 2.29. The number of nitrogens with one attached hydrogen (secondary N) is 2. The third-order valence-electron chi connectivity index (χ3n) is 5.38. The van der Waals surface area contributed by atoms with Crippen molar-refractivity contribution in [1.29, 1.82) is 0 Å². The molecule has 0 radical (unpaired) electrons. The molecule has 0 bridgehead atoms. The summed E-state index contributed by atoms with van der Waals surface area (Å²) < 4.78 is 37.4. The second-order valence-electron chi connectivity index (χ2n) is 8.13. The van der Waals surface area contributed by atoms with Gasteiger partial charge >= 0.3 is 11.5 Å². The summed E-state index contributed by atoms with van der Waals surface area (Å²) in [6.07, 6.45) is 0. The van der Waals surface area contributed by atoms with Crippen LogP contribution in [-0.2, 0) is 0 Å². The second kappa shape index (κ2) is 10.4. The molecule has 1 fully saturated rings. The Balaban J connectivity index is 1.33. The molecule has 184 valence electrons. The van der Waals surface area contributed by atoms with Gasteiger partial charge in [0, 0.05) is 48.5 Å². The molecule has 11 heteroatoms. The Kier molecular flexibility index (Phi) is 7.34. The number of thioether (sulfide) groups is 1. The number of carbonyl (C=O) groups is 1. The summed E-state index contributed by atoms with van der Waals surface area (Å²) in [7, 11) is 0. The maximum Gasteiger partial charge on any atom is 0.446 e. The van der Waals surface area contributed by atoms with Crippen molar-refractivity contribution in [1.82, 2.24) is 14.9 Å². The number of urea groups is 1. The Morgan fingerprint density at radius 1 is 0.914 bits per heavy atom. The molecule has 7 nitrogen and oxygen atoms in total. The minimum Gasteiger partial charge on any atom is -0.353 e. The third kappa shape index (κ3) is 7.01. The van der Waals surface area contributed by atoms with Crippen molar-refractivity contribution in [3.8, 4) is 0 Å². The van der Waals surface area contributed by atoms with Crippen LogP contribution in [0.4, 0.5) is 41.0 Å². The highest BCUT2D eigenvalue weighted by molar-refractivity contribution is 8.00. The maximum atomic E-state index is 12.6. The zero-order chi connectivity index (χ0) is 25.0. The number of hydrogen-bond acceptors (Lipinski definition) is 6. The summed E-state index contributed by atoms with van der Waals surface area (Å²) in [4.78, 5) is 25.5. The fraction of sp³-hybridized carbons (Fsp3) is 0.292. The number of rotatable bonds is 5. The van der Waals surface area contributed by atoms with Crippen LogP contribution < -0.4 is 15.5 Å². The summed E-state index contributed by atoms with van der Waals surface area (Å²) in [5.74, 6) is 2.12. The minimum atomic E-state index is -4.34. The first kappa shape index (κ1) is 24.6. The number of amides is 2. The highest BCUT2D eigenvalue weighted by atomic mass is 32.2. The molecule has 3 aromatic rings. The summed E-state index contributed by atoms with van der Waals surface area (Å²) in [5, 5.41) is 6.05. The van der Waals surface area contributed by atoms with Gasteiger partial charge in [0.1, 0.15) is 17.5 Å². The van der Waals surface area contributed by atoms with Crippen molar-refractivity contribution < 1.29 is 18.0 Å². The van der Waals surface area contributed by atoms with E-state index < -0.39 is 5.51 Å². The number of piperazine rings is 1. The molecule has 2 heterocycles. The van der Waals surface area contributed by atoms with E-state index in [1.54, 1.807) is 4.90 Å². The maximum absolute atomic E-state index is 12.6. The molecule has 0 saturated carbocycles. The van der Waals surface area contributed by atoms with Crippen LogP contribution in [0.3, 0.4) is 0 Å². The number of nitrogens with zero attached hydrogens (tertiary/aromatic N) is 4. The molecular formula is C24H25F3N6OS. The summed E-state index contributed by atoms with van der Waals surface area (Å²) in [6.45, 7) is 6.02. The van der Waals surface area contributed by atoms with E-state index in [9.17, 15) is 18.0 Å². The Hall–Kier alpha value is -3.47. The molecule has 2 amide bonds. The lowest BCUT2D eigenvalue weighted by atomic mass is 10.2.